The molecule has 0 unspecified atom stereocenters. The van der Waals surface area contributed by atoms with E-state index in [0.29, 0.717) is 0 Å². The van der Waals surface area contributed by atoms with E-state index in [1.165, 1.54) is 0 Å². The van der Waals surface area contributed by atoms with Gasteiger partial charge in [-0.1, -0.05) is 182 Å². The number of rotatable bonds is 12. The summed E-state index contributed by atoms with van der Waals surface area (Å²) in [6.45, 7) is 0.930. The van der Waals surface area contributed by atoms with Crippen LogP contribution >= 0.6 is 0 Å². The number of amides is 12. The molecule has 6 aromatic rings. The van der Waals surface area contributed by atoms with Crippen molar-refractivity contribution in [2.24, 2.45) is 0 Å². The summed E-state index contributed by atoms with van der Waals surface area (Å²) in [7, 11) is 0. The molecule has 18 nitrogen and oxygen atoms in total. The summed E-state index contributed by atoms with van der Waals surface area (Å²) in [5, 5.41) is 14.4. The predicted octanol–water partition coefficient (Wildman–Crippen LogP) is 5.94. The molecule has 352 valence electrons. The van der Waals surface area contributed by atoms with E-state index in [1.54, 1.807) is 29.4 Å². The second-order valence-corrected chi connectivity index (χ2v) is 17.8. The summed E-state index contributed by atoms with van der Waals surface area (Å²) >= 11 is 0. The van der Waals surface area contributed by atoms with Crippen LogP contribution in [0.4, 0.5) is 28.8 Å². The Hall–Kier alpha value is -9.06. The molecule has 70 heavy (non-hydrogen) atoms. The van der Waals surface area contributed by atoms with Crippen LogP contribution < -0.4 is 31.9 Å². The van der Waals surface area contributed by atoms with Gasteiger partial charge in [0, 0.05) is 0 Å². The van der Waals surface area contributed by atoms with Gasteiger partial charge in [0.05, 0.1) is 39.3 Å². The van der Waals surface area contributed by atoms with Crippen LogP contribution in [0.3, 0.4) is 0 Å². The average molecular weight is 937 g/mol. The van der Waals surface area contributed by atoms with Crippen molar-refractivity contribution < 1.29 is 28.8 Å². The number of urea groups is 6. The molecule has 6 aromatic carbocycles. The van der Waals surface area contributed by atoms with Gasteiger partial charge in [-0.15, -0.1) is 0 Å². The van der Waals surface area contributed by atoms with Crippen LogP contribution in [0.2, 0.25) is 0 Å². The van der Waals surface area contributed by atoms with Crippen molar-refractivity contribution in [3.8, 4) is 0 Å². The van der Waals surface area contributed by atoms with Gasteiger partial charge in [0.1, 0.15) is 0 Å². The van der Waals surface area contributed by atoms with Crippen molar-refractivity contribution in [3.63, 3.8) is 0 Å². The standard InChI is InChI=1S/C47H42N6O3.C5H6N6O3/c54-43-48(31-37-19-7-1-8-20-37)46-47(49(43)32-38-21-9-2-10-22-38,52(35-41-27-15-5-16-28-41)44(55)50(46)33-39-23-11-3-12-24-39)53(36-42-29-17-6-18-30-42)45(56)51(46)34-40-25-13-4-14-26-40;12-1-6-4-5(7-1,9-2(13)8-4)11-3(14)10-4/h1-30H,31-36H2;(H2,6,7,12)(H2,8,9,13)(H2,10,11,14). The molecule has 6 heterocycles. The normalized spacial score (nSPS) is 24.7. The Morgan fingerprint density at radius 1 is 0.257 bits per heavy atom. The Bertz CT molecular complexity index is 2470. The van der Waals surface area contributed by atoms with E-state index in [4.69, 9.17) is 0 Å². The monoisotopic (exact) mass is 936 g/mol. The van der Waals surface area contributed by atoms with Crippen molar-refractivity contribution in [2.45, 2.75) is 62.4 Å². The predicted molar refractivity (Wildman–Crippen MR) is 254 cm³/mol. The minimum absolute atomic E-state index is 0.155. The second kappa shape index (κ2) is 16.9. The van der Waals surface area contributed by atoms with Crippen molar-refractivity contribution in [1.29, 1.82) is 0 Å². The SMILES string of the molecule is O=C1N(Cc2ccccc2)C23N(Cc4ccccc4)C(=O)N(Cc4ccccc4)C2(N1Cc1ccccc1)N(Cc1ccccc1)C(=O)N3Cc1ccccc1.O=C1NC23NC(=O)NC2(N1)NC(=O)N3. The van der Waals surface area contributed by atoms with Crippen LogP contribution in [0.1, 0.15) is 33.4 Å². The smallest absolute Gasteiger partial charge is 0.292 e. The van der Waals surface area contributed by atoms with Gasteiger partial charge in [-0.05, 0) is 33.4 Å². The number of hydrogen-bond acceptors (Lipinski definition) is 6. The summed E-state index contributed by atoms with van der Waals surface area (Å²) in [6.07, 6.45) is 0. The molecule has 6 aliphatic rings. The molecule has 6 fully saturated rings. The van der Waals surface area contributed by atoms with Crippen LogP contribution in [0, 0.1) is 0 Å². The lowest BCUT2D eigenvalue weighted by Gasteiger charge is -2.48. The second-order valence-electron chi connectivity index (χ2n) is 17.8. The lowest BCUT2D eigenvalue weighted by Crippen LogP contribution is -2.73. The van der Waals surface area contributed by atoms with Gasteiger partial charge in [-0.2, -0.15) is 0 Å². The third-order valence-electron chi connectivity index (χ3n) is 13.6. The first-order valence-electron chi connectivity index (χ1n) is 22.9. The molecule has 18 heteroatoms. The molecule has 0 radical (unpaired) electrons. The lowest BCUT2D eigenvalue weighted by atomic mass is 10.0. The van der Waals surface area contributed by atoms with Crippen LogP contribution in [0.5, 0.6) is 0 Å². The number of nitrogens with one attached hydrogen (secondary N) is 6. The van der Waals surface area contributed by atoms with Gasteiger partial charge >= 0.3 is 36.2 Å². The summed E-state index contributed by atoms with van der Waals surface area (Å²) in [5.41, 5.74) is 5.29. The van der Waals surface area contributed by atoms with E-state index in [9.17, 15) is 14.4 Å². The maximum Gasteiger partial charge on any atom is 0.327 e. The Kier molecular flexibility index (Phi) is 10.5. The molecule has 0 bridgehead atoms. The minimum Gasteiger partial charge on any atom is -0.292 e. The third-order valence-corrected chi connectivity index (χ3v) is 13.6. The van der Waals surface area contributed by atoms with Gasteiger partial charge < -0.3 is 0 Å². The maximum absolute atomic E-state index is 15.9. The zero-order valence-corrected chi connectivity index (χ0v) is 37.7. The molecule has 6 N–H and O–H groups in total. The van der Waals surface area contributed by atoms with Crippen LogP contribution in [0.25, 0.3) is 0 Å². The third kappa shape index (κ3) is 6.77. The first-order valence-corrected chi connectivity index (χ1v) is 22.9. The van der Waals surface area contributed by atoms with Crippen molar-refractivity contribution in [1.82, 2.24) is 61.3 Å². The zero-order valence-electron chi connectivity index (χ0n) is 37.7. The molecule has 0 saturated carbocycles. The van der Waals surface area contributed by atoms with Crippen LogP contribution in [0.15, 0.2) is 182 Å². The number of benzene rings is 6. The minimum atomic E-state index is -1.64. The Morgan fingerprint density at radius 2 is 0.414 bits per heavy atom. The summed E-state index contributed by atoms with van der Waals surface area (Å²) in [5.74, 6) is -5.92. The molecular weight excluding hydrogens is 889 g/mol. The maximum atomic E-state index is 15.9. The fourth-order valence-electron chi connectivity index (χ4n) is 10.7. The molecule has 0 atom stereocenters. The summed E-state index contributed by atoms with van der Waals surface area (Å²) in [6, 6.07) is 56.7. The average Bonchev–Trinajstić information content (AvgIpc) is 4.05. The largest absolute Gasteiger partial charge is 0.327 e. The molecule has 0 aromatic heterocycles. The van der Waals surface area contributed by atoms with Crippen molar-refractivity contribution >= 4 is 36.2 Å². The summed E-state index contributed by atoms with van der Waals surface area (Å²) in [4.78, 5) is 91.5. The van der Waals surface area contributed by atoms with Gasteiger partial charge in [-0.25, -0.2) is 28.8 Å². The van der Waals surface area contributed by atoms with E-state index in [-0.39, 0.29) is 57.4 Å². The zero-order chi connectivity index (χ0) is 48.1. The molecule has 0 spiro atoms. The highest BCUT2D eigenvalue weighted by Crippen LogP contribution is 2.61. The lowest BCUT2D eigenvalue weighted by molar-refractivity contribution is -0.166. The Balaban J connectivity index is 0.000000324. The Labute approximate surface area is 402 Å². The van der Waals surface area contributed by atoms with Gasteiger partial charge in [0.15, 0.2) is 0 Å². The highest BCUT2D eigenvalue weighted by atomic mass is 16.2. The number of hydrogen-bond donors (Lipinski definition) is 6. The van der Waals surface area contributed by atoms with Crippen molar-refractivity contribution in [2.75, 3.05) is 0 Å². The number of nitrogens with zero attached hydrogens (tertiary/aromatic N) is 6. The van der Waals surface area contributed by atoms with Gasteiger partial charge in [0.2, 0.25) is 0 Å². The van der Waals surface area contributed by atoms with Crippen LogP contribution in [-0.4, -0.2) is 88.7 Å². The van der Waals surface area contributed by atoms with Crippen LogP contribution in [-0.2, 0) is 39.3 Å². The van der Waals surface area contributed by atoms with E-state index >= 15 is 14.4 Å². The quantitative estimate of drug-likeness (QED) is 0.0880. The number of carbonyl (C=O) groups is 6. The highest BCUT2D eigenvalue weighted by molar-refractivity contribution is 5.96. The molecule has 0 aliphatic carbocycles. The van der Waals surface area contributed by atoms with E-state index in [2.05, 4.69) is 31.9 Å². The first-order chi connectivity index (χ1) is 34.1. The molecular formula is C52H48N12O6. The highest BCUT2D eigenvalue weighted by Gasteiger charge is 2.88. The molecule has 12 amide bonds. The van der Waals surface area contributed by atoms with E-state index in [1.807, 2.05) is 182 Å². The van der Waals surface area contributed by atoms with Crippen molar-refractivity contribution in [3.05, 3.63) is 215 Å². The number of carbonyl (C=O) groups excluding carboxylic acids is 6. The van der Waals surface area contributed by atoms with Gasteiger partial charge in [0.25, 0.3) is 23.1 Å². The first kappa shape index (κ1) is 43.5. The van der Waals surface area contributed by atoms with E-state index < -0.39 is 41.2 Å². The molecule has 6 saturated heterocycles. The van der Waals surface area contributed by atoms with Gasteiger partial charge in [-0.3, -0.25) is 61.3 Å². The molecule has 12 rings (SSSR count). The summed E-state index contributed by atoms with van der Waals surface area (Å²) < 4.78 is 0. The Morgan fingerprint density at radius 3 is 0.571 bits per heavy atom. The fraction of sp³-hybridized carbons (Fsp3) is 0.192. The topological polar surface area (TPSA) is 194 Å². The molecule has 6 aliphatic heterocycles. The fourth-order valence-corrected chi connectivity index (χ4v) is 10.7. The van der Waals surface area contributed by atoms with E-state index in [0.717, 1.165) is 33.4 Å².